The Hall–Kier alpha value is -2.38. The zero-order valence-corrected chi connectivity index (χ0v) is 16.3. The average molecular weight is 420 g/mol. The molecule has 0 spiro atoms. The van der Waals surface area contributed by atoms with Crippen LogP contribution in [0.3, 0.4) is 0 Å². The van der Waals surface area contributed by atoms with Crippen LogP contribution in [-0.2, 0) is 0 Å². The van der Waals surface area contributed by atoms with E-state index in [0.29, 0.717) is 0 Å². The minimum Gasteiger partial charge on any atom is -0.497 e. The average Bonchev–Trinajstić information content (AvgIpc) is 3.11. The normalized spacial score (nSPS) is 10.3. The maximum absolute atomic E-state index is 5.16. The molecule has 0 amide bonds. The van der Waals surface area contributed by atoms with Gasteiger partial charge >= 0.3 is 0 Å². The molecule has 0 fully saturated rings. The molecule has 1 aromatic heterocycles. The van der Waals surface area contributed by atoms with Crippen LogP contribution in [-0.4, -0.2) is 25.4 Å². The number of benzene rings is 2. The molecule has 0 unspecified atom stereocenters. The predicted octanol–water partition coefficient (Wildman–Crippen LogP) is 4.85. The molecule has 25 heavy (non-hydrogen) atoms. The summed E-state index contributed by atoms with van der Waals surface area (Å²) in [4.78, 5) is 4.53. The van der Waals surface area contributed by atoms with Crippen LogP contribution in [0.25, 0.3) is 11.3 Å². The molecule has 1 N–H and O–H groups in total. The Kier molecular flexibility index (Phi) is 6.97. The van der Waals surface area contributed by atoms with E-state index in [1.165, 1.54) is 11.3 Å². The number of halogens is 1. The van der Waals surface area contributed by atoms with Crippen LogP contribution in [0.5, 0.6) is 11.5 Å². The van der Waals surface area contributed by atoms with Gasteiger partial charge in [-0.1, -0.05) is 0 Å². The van der Waals surface area contributed by atoms with Gasteiger partial charge in [0.2, 0.25) is 5.13 Å². The van der Waals surface area contributed by atoms with E-state index >= 15 is 0 Å². The smallest absolute Gasteiger partial charge is 0.203 e. The van der Waals surface area contributed by atoms with Crippen LogP contribution in [0.2, 0.25) is 0 Å². The SMILES string of the molecule is Br.COc1ccc(C=NNc2nc(-c3ccc(OC)cc3)cs2)cc1. The Balaban J connectivity index is 0.00000225. The molecule has 3 rings (SSSR count). The van der Waals surface area contributed by atoms with Crippen LogP contribution in [0, 0.1) is 0 Å². The largest absolute Gasteiger partial charge is 0.497 e. The van der Waals surface area contributed by atoms with Crippen LogP contribution in [0.1, 0.15) is 5.56 Å². The molecule has 0 saturated carbocycles. The fourth-order valence-electron chi connectivity index (χ4n) is 2.07. The molecule has 1 heterocycles. The summed E-state index contributed by atoms with van der Waals surface area (Å²) in [6, 6.07) is 15.5. The Morgan fingerprint density at radius 1 is 0.960 bits per heavy atom. The third-order valence-corrected chi connectivity index (χ3v) is 4.13. The molecule has 0 aliphatic carbocycles. The number of hydrazone groups is 1. The first-order chi connectivity index (χ1) is 11.8. The number of aromatic nitrogens is 1. The lowest BCUT2D eigenvalue weighted by Crippen LogP contribution is -1.90. The number of nitrogens with zero attached hydrogens (tertiary/aromatic N) is 2. The lowest BCUT2D eigenvalue weighted by atomic mass is 10.2. The lowest BCUT2D eigenvalue weighted by molar-refractivity contribution is 0.414. The van der Waals surface area contributed by atoms with Gasteiger partial charge in [-0.25, -0.2) is 4.98 Å². The molecule has 0 radical (unpaired) electrons. The van der Waals surface area contributed by atoms with Crippen molar-refractivity contribution in [2.75, 3.05) is 19.6 Å². The maximum Gasteiger partial charge on any atom is 0.203 e. The van der Waals surface area contributed by atoms with Crippen molar-refractivity contribution in [3.8, 4) is 22.8 Å². The van der Waals surface area contributed by atoms with Gasteiger partial charge in [-0.2, -0.15) is 5.10 Å². The van der Waals surface area contributed by atoms with Crippen molar-refractivity contribution in [2.24, 2.45) is 5.10 Å². The second kappa shape index (κ2) is 9.19. The van der Waals surface area contributed by atoms with E-state index in [1.807, 2.05) is 53.9 Å². The van der Waals surface area contributed by atoms with Gasteiger partial charge in [-0.3, -0.25) is 5.43 Å². The van der Waals surface area contributed by atoms with Crippen molar-refractivity contribution >= 4 is 39.7 Å². The second-order valence-corrected chi connectivity index (χ2v) is 5.77. The van der Waals surface area contributed by atoms with Gasteiger partial charge in [0.05, 0.1) is 26.1 Å². The summed E-state index contributed by atoms with van der Waals surface area (Å²) in [5.74, 6) is 1.65. The number of nitrogens with one attached hydrogen (secondary N) is 1. The van der Waals surface area contributed by atoms with Gasteiger partial charge in [0.25, 0.3) is 0 Å². The highest BCUT2D eigenvalue weighted by atomic mass is 79.9. The summed E-state index contributed by atoms with van der Waals surface area (Å²) < 4.78 is 10.3. The van der Waals surface area contributed by atoms with Crippen LogP contribution in [0.4, 0.5) is 5.13 Å². The van der Waals surface area contributed by atoms with Crippen LogP contribution >= 0.6 is 28.3 Å². The first-order valence-corrected chi connectivity index (χ1v) is 8.19. The van der Waals surface area contributed by atoms with Crippen molar-refractivity contribution in [3.63, 3.8) is 0 Å². The zero-order chi connectivity index (χ0) is 16.8. The van der Waals surface area contributed by atoms with Crippen molar-refractivity contribution in [2.45, 2.75) is 0 Å². The molecule has 3 aromatic rings. The van der Waals surface area contributed by atoms with E-state index in [9.17, 15) is 0 Å². The third-order valence-electron chi connectivity index (χ3n) is 3.38. The predicted molar refractivity (Wildman–Crippen MR) is 109 cm³/mol. The summed E-state index contributed by atoms with van der Waals surface area (Å²) in [6.45, 7) is 0. The van der Waals surface area contributed by atoms with Gasteiger partial charge in [0.1, 0.15) is 11.5 Å². The van der Waals surface area contributed by atoms with E-state index in [-0.39, 0.29) is 17.0 Å². The van der Waals surface area contributed by atoms with Crippen molar-refractivity contribution < 1.29 is 9.47 Å². The van der Waals surface area contributed by atoms with E-state index in [0.717, 1.165) is 33.5 Å². The van der Waals surface area contributed by atoms with E-state index in [1.54, 1.807) is 20.4 Å². The fourth-order valence-corrected chi connectivity index (χ4v) is 2.74. The van der Waals surface area contributed by atoms with E-state index in [2.05, 4.69) is 15.5 Å². The van der Waals surface area contributed by atoms with Gasteiger partial charge in [-0.15, -0.1) is 28.3 Å². The summed E-state index contributed by atoms with van der Waals surface area (Å²) in [5.41, 5.74) is 5.89. The van der Waals surface area contributed by atoms with Gasteiger partial charge in [-0.05, 0) is 54.1 Å². The second-order valence-electron chi connectivity index (χ2n) is 4.91. The van der Waals surface area contributed by atoms with Gasteiger partial charge in [0.15, 0.2) is 0 Å². The van der Waals surface area contributed by atoms with Crippen molar-refractivity contribution in [1.82, 2.24) is 4.98 Å². The van der Waals surface area contributed by atoms with Crippen molar-refractivity contribution in [3.05, 3.63) is 59.5 Å². The molecule has 0 bridgehead atoms. The third kappa shape index (κ3) is 5.04. The summed E-state index contributed by atoms with van der Waals surface area (Å²) >= 11 is 1.51. The fraction of sp³-hybridized carbons (Fsp3) is 0.111. The highest BCUT2D eigenvalue weighted by Crippen LogP contribution is 2.26. The maximum atomic E-state index is 5.16. The molecule has 0 aliphatic heterocycles. The van der Waals surface area contributed by atoms with Crippen LogP contribution < -0.4 is 14.9 Å². The summed E-state index contributed by atoms with van der Waals surface area (Å²) in [5, 5.41) is 6.95. The molecular formula is C18H18BrN3O2S. The molecular weight excluding hydrogens is 402 g/mol. The number of thiazole rings is 1. The Bertz CT molecular complexity index is 817. The molecule has 0 atom stereocenters. The number of hydrogen-bond acceptors (Lipinski definition) is 6. The standard InChI is InChI=1S/C18H17N3O2S.BrH/c1-22-15-7-3-13(4-8-15)11-19-21-18-20-17(12-24-18)14-5-9-16(23-2)10-6-14;/h3-12H,1-2H3,(H,20,21);1H. The molecule has 5 nitrogen and oxygen atoms in total. The minimum absolute atomic E-state index is 0. The Morgan fingerprint density at radius 3 is 2.16 bits per heavy atom. The Labute approximate surface area is 161 Å². The highest BCUT2D eigenvalue weighted by Gasteiger charge is 2.04. The van der Waals surface area contributed by atoms with Gasteiger partial charge < -0.3 is 9.47 Å². The van der Waals surface area contributed by atoms with E-state index in [4.69, 9.17) is 9.47 Å². The number of rotatable bonds is 6. The monoisotopic (exact) mass is 419 g/mol. The first-order valence-electron chi connectivity index (χ1n) is 7.31. The number of hydrogen-bond donors (Lipinski definition) is 1. The highest BCUT2D eigenvalue weighted by molar-refractivity contribution is 8.93. The lowest BCUT2D eigenvalue weighted by Gasteiger charge is -2.00. The molecule has 0 aliphatic rings. The Morgan fingerprint density at radius 2 is 1.56 bits per heavy atom. The summed E-state index contributed by atoms with van der Waals surface area (Å²) in [6.07, 6.45) is 1.74. The first kappa shape index (κ1) is 19.0. The quantitative estimate of drug-likeness (QED) is 0.458. The zero-order valence-electron chi connectivity index (χ0n) is 13.8. The number of methoxy groups -OCH3 is 2. The molecule has 7 heteroatoms. The molecule has 130 valence electrons. The number of anilines is 1. The topological polar surface area (TPSA) is 55.7 Å². The summed E-state index contributed by atoms with van der Waals surface area (Å²) in [7, 11) is 3.30. The van der Waals surface area contributed by atoms with Gasteiger partial charge in [0, 0.05) is 10.9 Å². The molecule has 2 aromatic carbocycles. The van der Waals surface area contributed by atoms with Crippen LogP contribution in [0.15, 0.2) is 59.0 Å². The van der Waals surface area contributed by atoms with E-state index < -0.39 is 0 Å². The minimum atomic E-state index is 0. The number of ether oxygens (including phenoxy) is 2. The molecule has 0 saturated heterocycles. The van der Waals surface area contributed by atoms with Crippen molar-refractivity contribution in [1.29, 1.82) is 0 Å².